The maximum absolute atomic E-state index is 13.4. The number of unbranched alkanes of at least 4 members (excludes halogenated alkanes) is 1. The molecule has 1 aliphatic heterocycles. The number of nitrogens with zero attached hydrogens (tertiary/aromatic N) is 1. The fourth-order valence-electron chi connectivity index (χ4n) is 4.28. The smallest absolute Gasteiger partial charge is 0.471 e. The van der Waals surface area contributed by atoms with E-state index >= 15 is 0 Å². The molecule has 4 unspecified atom stereocenters. The number of nitrogens with one attached hydrogen (secondary N) is 7. The van der Waals surface area contributed by atoms with Gasteiger partial charge in [0.15, 0.2) is 5.96 Å². The molecule has 0 aromatic heterocycles. The van der Waals surface area contributed by atoms with Crippen molar-refractivity contribution in [3.63, 3.8) is 0 Å². The normalized spacial score (nSPS) is 21.6. The Balaban J connectivity index is 3.27. The average Bonchev–Trinajstić information content (AvgIpc) is 3.00. The van der Waals surface area contributed by atoms with E-state index in [2.05, 4.69) is 31.6 Å². The van der Waals surface area contributed by atoms with E-state index in [-0.39, 0.29) is 38.6 Å². The average molecular weight is 748 g/mol. The molecule has 24 heteroatoms. The van der Waals surface area contributed by atoms with E-state index in [1.807, 2.05) is 0 Å². The monoisotopic (exact) mass is 747 g/mol. The molecule has 0 saturated carbocycles. The number of hydrogen-bond donors (Lipinski definition) is 9. The number of carbonyl (C=O) groups is 8. The summed E-state index contributed by atoms with van der Waals surface area (Å²) in [5.74, 6) is -12.8. The topological polar surface area (TPSA) is 279 Å². The minimum absolute atomic E-state index is 0.0711. The van der Waals surface area contributed by atoms with Gasteiger partial charge in [-0.25, -0.2) is 0 Å². The van der Waals surface area contributed by atoms with Crippen LogP contribution in [0.15, 0.2) is 4.99 Å². The number of guanidine groups is 1. The minimum Gasteiger partial charge on any atom is -0.481 e. The molecule has 1 saturated heterocycles. The fourth-order valence-corrected chi connectivity index (χ4v) is 4.28. The molecule has 7 amide bonds. The standard InChI is InChI=1S/C27H39F6N9O9/c1-12(2)18-22(49)40-13(7-5-9-36-25(34)42-24(51)27(31,32)33)19(46)37-11-16(43)38-15(10-17(44)45)21(48)39-14(20(47)41-18)6-3-4-8-35-23(50)26(28,29)30/h12-15,18H,3-11H2,1-2H3,(H,35,50)(H,37,46)(H,38,43)(H,39,48)(H,40,49)(H,41,47)(H,44,45)(H3,34,36,42,51). The van der Waals surface area contributed by atoms with Gasteiger partial charge in [0.05, 0.1) is 13.0 Å². The van der Waals surface area contributed by atoms with E-state index in [1.54, 1.807) is 5.32 Å². The summed E-state index contributed by atoms with van der Waals surface area (Å²) in [5, 5.41) is 23.6. The van der Waals surface area contributed by atoms with Crippen LogP contribution in [0.4, 0.5) is 26.3 Å². The number of halogens is 6. The lowest BCUT2D eigenvalue weighted by atomic mass is 10.0. The zero-order chi connectivity index (χ0) is 39.1. The third-order valence-corrected chi connectivity index (χ3v) is 6.86. The maximum atomic E-state index is 13.4. The molecular weight excluding hydrogens is 708 g/mol. The second-order valence-electron chi connectivity index (χ2n) is 11.4. The van der Waals surface area contributed by atoms with E-state index < -0.39 is 115 Å². The number of carboxylic acid groups (broad SMARTS) is 1. The molecule has 0 aliphatic carbocycles. The number of hydrogen-bond acceptors (Lipinski definition) is 9. The van der Waals surface area contributed by atoms with Crippen molar-refractivity contribution in [3.05, 3.63) is 0 Å². The summed E-state index contributed by atoms with van der Waals surface area (Å²) in [4.78, 5) is 102. The zero-order valence-electron chi connectivity index (χ0n) is 27.3. The third-order valence-electron chi connectivity index (χ3n) is 6.86. The van der Waals surface area contributed by atoms with Crippen molar-refractivity contribution in [2.45, 2.75) is 88.9 Å². The molecule has 10 N–H and O–H groups in total. The van der Waals surface area contributed by atoms with Crippen LogP contribution in [-0.2, 0) is 38.4 Å². The molecule has 4 atom stereocenters. The number of alkyl halides is 6. The number of carbonyl (C=O) groups excluding carboxylic acids is 7. The minimum atomic E-state index is -5.24. The van der Waals surface area contributed by atoms with Gasteiger partial charge < -0.3 is 42.7 Å². The van der Waals surface area contributed by atoms with Gasteiger partial charge in [-0.2, -0.15) is 26.3 Å². The van der Waals surface area contributed by atoms with Gasteiger partial charge in [0, 0.05) is 13.1 Å². The van der Waals surface area contributed by atoms with Crippen LogP contribution in [0.1, 0.15) is 52.4 Å². The van der Waals surface area contributed by atoms with Crippen molar-refractivity contribution >= 4 is 53.3 Å². The van der Waals surface area contributed by atoms with Gasteiger partial charge in [-0.05, 0) is 38.0 Å². The lowest BCUT2D eigenvalue weighted by molar-refractivity contribution is -0.173. The predicted octanol–water partition coefficient (Wildman–Crippen LogP) is -2.19. The largest absolute Gasteiger partial charge is 0.481 e. The molecule has 1 heterocycles. The van der Waals surface area contributed by atoms with Crippen LogP contribution in [0.3, 0.4) is 0 Å². The quantitative estimate of drug-likeness (QED) is 0.0450. The van der Waals surface area contributed by atoms with Gasteiger partial charge in [0.25, 0.3) is 0 Å². The Morgan fingerprint density at radius 2 is 1.35 bits per heavy atom. The van der Waals surface area contributed by atoms with Crippen LogP contribution in [-0.4, -0.2) is 115 Å². The molecule has 0 aromatic carbocycles. The first-order chi connectivity index (χ1) is 23.5. The van der Waals surface area contributed by atoms with Gasteiger partial charge in [-0.15, -0.1) is 0 Å². The van der Waals surface area contributed by atoms with Crippen molar-refractivity contribution in [1.29, 1.82) is 0 Å². The van der Waals surface area contributed by atoms with Gasteiger partial charge >= 0.3 is 30.1 Å². The van der Waals surface area contributed by atoms with Gasteiger partial charge in [0.2, 0.25) is 29.5 Å². The van der Waals surface area contributed by atoms with Crippen molar-refractivity contribution in [3.8, 4) is 0 Å². The van der Waals surface area contributed by atoms with Crippen molar-refractivity contribution < 1.29 is 69.8 Å². The number of carboxylic acids is 1. The first-order valence-electron chi connectivity index (χ1n) is 15.3. The highest BCUT2D eigenvalue weighted by Gasteiger charge is 2.40. The Morgan fingerprint density at radius 3 is 1.92 bits per heavy atom. The van der Waals surface area contributed by atoms with Crippen LogP contribution < -0.4 is 43.0 Å². The van der Waals surface area contributed by atoms with Crippen LogP contribution in [0.2, 0.25) is 0 Å². The summed E-state index contributed by atoms with van der Waals surface area (Å²) in [5.41, 5.74) is 5.27. The molecule has 0 aromatic rings. The van der Waals surface area contributed by atoms with Crippen molar-refractivity contribution in [2.75, 3.05) is 19.6 Å². The molecule has 0 bridgehead atoms. The highest BCUT2D eigenvalue weighted by molar-refractivity contribution is 5.99. The SMILES string of the molecule is CC(C)C1NC(=O)C(CCCCNC(=O)C(F)(F)F)NC(=O)C(CC(=O)O)NC(=O)CNC(=O)C(CCCN=C(N)NC(=O)C(F)(F)F)NC1=O. The predicted molar refractivity (Wildman–Crippen MR) is 161 cm³/mol. The highest BCUT2D eigenvalue weighted by Crippen LogP contribution is 2.15. The number of nitrogens with two attached hydrogens (primary N) is 1. The summed E-state index contributed by atoms with van der Waals surface area (Å²) in [6, 6.07) is -6.15. The second kappa shape index (κ2) is 19.9. The summed E-state index contributed by atoms with van der Waals surface area (Å²) < 4.78 is 74.6. The Morgan fingerprint density at radius 1 is 0.804 bits per heavy atom. The fraction of sp³-hybridized carbons (Fsp3) is 0.667. The summed E-state index contributed by atoms with van der Waals surface area (Å²) >= 11 is 0. The molecule has 0 spiro atoms. The summed E-state index contributed by atoms with van der Waals surface area (Å²) in [6.07, 6.45) is -12.2. The Bertz CT molecular complexity index is 1340. The third kappa shape index (κ3) is 16.4. The lowest BCUT2D eigenvalue weighted by Crippen LogP contribution is -2.59. The van der Waals surface area contributed by atoms with Crippen LogP contribution in [0, 0.1) is 5.92 Å². The molecule has 1 aliphatic rings. The van der Waals surface area contributed by atoms with Crippen LogP contribution in [0.25, 0.3) is 0 Å². The second-order valence-corrected chi connectivity index (χ2v) is 11.4. The van der Waals surface area contributed by atoms with E-state index in [0.717, 1.165) is 0 Å². The first-order valence-corrected chi connectivity index (χ1v) is 15.3. The molecule has 1 fully saturated rings. The van der Waals surface area contributed by atoms with E-state index in [4.69, 9.17) is 5.73 Å². The van der Waals surface area contributed by atoms with Crippen molar-refractivity contribution in [1.82, 2.24) is 37.2 Å². The summed E-state index contributed by atoms with van der Waals surface area (Å²) in [6.45, 7) is 1.37. The highest BCUT2D eigenvalue weighted by atomic mass is 19.4. The Kier molecular flexibility index (Phi) is 17.1. The van der Waals surface area contributed by atoms with Crippen LogP contribution >= 0.6 is 0 Å². The van der Waals surface area contributed by atoms with E-state index in [9.17, 15) is 69.8 Å². The Hall–Kier alpha value is -5.19. The van der Waals surface area contributed by atoms with Gasteiger partial charge in [-0.3, -0.25) is 48.7 Å². The van der Waals surface area contributed by atoms with Gasteiger partial charge in [0.1, 0.15) is 24.2 Å². The van der Waals surface area contributed by atoms with Gasteiger partial charge in [-0.1, -0.05) is 13.8 Å². The zero-order valence-corrected chi connectivity index (χ0v) is 27.3. The number of rotatable bonds is 12. The number of aliphatic imine (C=N–C) groups is 1. The van der Waals surface area contributed by atoms with E-state index in [0.29, 0.717) is 0 Å². The number of aliphatic carboxylic acids is 1. The number of amides is 7. The lowest BCUT2D eigenvalue weighted by Gasteiger charge is -2.27. The first kappa shape index (κ1) is 43.8. The molecule has 18 nitrogen and oxygen atoms in total. The molecule has 51 heavy (non-hydrogen) atoms. The molecule has 288 valence electrons. The molecular formula is C27H39F6N9O9. The summed E-state index contributed by atoms with van der Waals surface area (Å²) in [7, 11) is 0. The maximum Gasteiger partial charge on any atom is 0.471 e. The Labute approximate surface area is 285 Å². The molecule has 1 rings (SSSR count). The van der Waals surface area contributed by atoms with Crippen LogP contribution in [0.5, 0.6) is 0 Å². The van der Waals surface area contributed by atoms with E-state index in [1.165, 1.54) is 19.2 Å². The molecule has 0 radical (unpaired) electrons. The van der Waals surface area contributed by atoms with Crippen molar-refractivity contribution in [2.24, 2.45) is 16.6 Å².